The van der Waals surface area contributed by atoms with Crippen molar-refractivity contribution >= 4 is 35.0 Å². The summed E-state index contributed by atoms with van der Waals surface area (Å²) in [5, 5.41) is 4.25. The maximum absolute atomic E-state index is 12.3. The number of piperidine rings is 1. The first-order chi connectivity index (χ1) is 13.8. The molecular formula is C23H27ClN2O2S. The largest absolute Gasteiger partial charge is 0.459 e. The van der Waals surface area contributed by atoms with Crippen molar-refractivity contribution in [3.05, 3.63) is 53.1 Å². The van der Waals surface area contributed by atoms with Gasteiger partial charge in [0.05, 0.1) is 18.3 Å². The van der Waals surface area contributed by atoms with Crippen LogP contribution in [0.4, 0.5) is 5.69 Å². The molecule has 2 heterocycles. The number of nitrogens with zero attached hydrogens (tertiary/aromatic N) is 1. The summed E-state index contributed by atoms with van der Waals surface area (Å²) in [4.78, 5) is 17.2. The molecule has 0 aliphatic carbocycles. The van der Waals surface area contributed by atoms with Crippen molar-refractivity contribution in [2.75, 3.05) is 18.0 Å². The molecule has 0 amide bonds. The maximum Gasteiger partial charge on any atom is 0.320 e. The van der Waals surface area contributed by atoms with Gasteiger partial charge in [-0.15, -0.1) is 0 Å². The van der Waals surface area contributed by atoms with Crippen molar-refractivity contribution in [3.8, 4) is 0 Å². The molecule has 0 saturated carbocycles. The SMILES string of the molecule is CC(C)(C)OC(=O)CN[C@@H]1CCCN2c3cc(Cl)ccc3Sc3ccccc3[C@H]12. The zero-order valence-corrected chi connectivity index (χ0v) is 18.6. The van der Waals surface area contributed by atoms with Gasteiger partial charge in [0, 0.05) is 27.4 Å². The van der Waals surface area contributed by atoms with Gasteiger partial charge in [0.25, 0.3) is 0 Å². The Balaban J connectivity index is 1.66. The molecule has 4 nitrogen and oxygen atoms in total. The molecule has 1 N–H and O–H groups in total. The molecule has 2 aliphatic heterocycles. The molecule has 2 aromatic rings. The number of hydrogen-bond donors (Lipinski definition) is 1. The zero-order valence-electron chi connectivity index (χ0n) is 17.1. The Kier molecular flexibility index (Phi) is 5.83. The average molecular weight is 431 g/mol. The highest BCUT2D eigenvalue weighted by Gasteiger charge is 2.37. The fraction of sp³-hybridized carbons (Fsp3) is 0.435. The van der Waals surface area contributed by atoms with Crippen molar-refractivity contribution < 1.29 is 9.53 Å². The third-order valence-electron chi connectivity index (χ3n) is 5.25. The highest BCUT2D eigenvalue weighted by atomic mass is 35.5. The second-order valence-corrected chi connectivity index (χ2v) is 10.1. The highest BCUT2D eigenvalue weighted by molar-refractivity contribution is 7.99. The van der Waals surface area contributed by atoms with Crippen LogP contribution in [0.1, 0.15) is 45.2 Å². The summed E-state index contributed by atoms with van der Waals surface area (Å²) < 4.78 is 5.49. The molecular weight excluding hydrogens is 404 g/mol. The Morgan fingerprint density at radius 1 is 1.24 bits per heavy atom. The van der Waals surface area contributed by atoms with Crippen LogP contribution in [0.25, 0.3) is 0 Å². The van der Waals surface area contributed by atoms with E-state index in [2.05, 4.69) is 46.6 Å². The van der Waals surface area contributed by atoms with Gasteiger partial charge in [0.15, 0.2) is 0 Å². The van der Waals surface area contributed by atoms with Gasteiger partial charge in [0.1, 0.15) is 5.60 Å². The van der Waals surface area contributed by atoms with E-state index in [4.69, 9.17) is 16.3 Å². The van der Waals surface area contributed by atoms with E-state index < -0.39 is 5.60 Å². The van der Waals surface area contributed by atoms with Crippen LogP contribution < -0.4 is 10.2 Å². The van der Waals surface area contributed by atoms with Gasteiger partial charge < -0.3 is 15.0 Å². The quantitative estimate of drug-likeness (QED) is 0.656. The first-order valence-corrected chi connectivity index (χ1v) is 11.3. The smallest absolute Gasteiger partial charge is 0.320 e. The number of anilines is 1. The third kappa shape index (κ3) is 4.57. The number of carbonyl (C=O) groups excluding carboxylic acids is 1. The van der Waals surface area contributed by atoms with Gasteiger partial charge in [-0.1, -0.05) is 41.6 Å². The van der Waals surface area contributed by atoms with E-state index in [1.165, 1.54) is 21.0 Å². The molecule has 1 fully saturated rings. The lowest BCUT2D eigenvalue weighted by Gasteiger charge is -2.43. The lowest BCUT2D eigenvalue weighted by atomic mass is 9.89. The van der Waals surface area contributed by atoms with Crippen LogP contribution in [0.2, 0.25) is 5.02 Å². The molecule has 0 unspecified atom stereocenters. The molecule has 2 aromatic carbocycles. The second-order valence-electron chi connectivity index (χ2n) is 8.61. The van der Waals surface area contributed by atoms with Crippen molar-refractivity contribution in [3.63, 3.8) is 0 Å². The molecule has 0 spiro atoms. The van der Waals surface area contributed by atoms with Crippen LogP contribution in [0, 0.1) is 0 Å². The standard InChI is InChI=1S/C23H27ClN2O2S/c1-23(2,3)28-21(27)14-25-17-8-6-12-26-18-13-15(24)10-11-20(18)29-19-9-5-4-7-16(19)22(17)26/h4-5,7,9-11,13,17,22,25H,6,8,12,14H2,1-3H3/t17-,22-/m1/s1. The molecule has 0 aromatic heterocycles. The first kappa shape index (κ1) is 20.6. The predicted molar refractivity (Wildman–Crippen MR) is 119 cm³/mol. The Labute approximate surface area is 182 Å². The number of ether oxygens (including phenoxy) is 1. The Morgan fingerprint density at radius 3 is 2.83 bits per heavy atom. The number of hydrogen-bond acceptors (Lipinski definition) is 5. The summed E-state index contributed by atoms with van der Waals surface area (Å²) >= 11 is 8.15. The number of benzene rings is 2. The number of carbonyl (C=O) groups is 1. The fourth-order valence-corrected chi connectivity index (χ4v) is 5.47. The first-order valence-electron chi connectivity index (χ1n) is 10.1. The van der Waals surface area contributed by atoms with Crippen molar-refractivity contribution in [2.45, 2.75) is 61.1 Å². The molecule has 29 heavy (non-hydrogen) atoms. The van der Waals surface area contributed by atoms with E-state index in [0.29, 0.717) is 0 Å². The van der Waals surface area contributed by atoms with Crippen LogP contribution in [0.3, 0.4) is 0 Å². The minimum absolute atomic E-state index is 0.148. The molecule has 2 aliphatic rings. The van der Waals surface area contributed by atoms with E-state index in [1.54, 1.807) is 11.8 Å². The van der Waals surface area contributed by atoms with Crippen molar-refractivity contribution in [1.29, 1.82) is 0 Å². The Hall–Kier alpha value is -1.69. The topological polar surface area (TPSA) is 41.6 Å². The van der Waals surface area contributed by atoms with E-state index in [0.717, 1.165) is 24.4 Å². The van der Waals surface area contributed by atoms with Gasteiger partial charge in [-0.3, -0.25) is 4.79 Å². The van der Waals surface area contributed by atoms with E-state index >= 15 is 0 Å². The maximum atomic E-state index is 12.3. The van der Waals surface area contributed by atoms with Gasteiger partial charge >= 0.3 is 5.97 Å². The lowest BCUT2D eigenvalue weighted by Crippen LogP contribution is -2.50. The van der Waals surface area contributed by atoms with Crippen LogP contribution in [0.5, 0.6) is 0 Å². The Morgan fingerprint density at radius 2 is 2.03 bits per heavy atom. The molecule has 1 saturated heterocycles. The van der Waals surface area contributed by atoms with Crippen molar-refractivity contribution in [1.82, 2.24) is 5.32 Å². The number of nitrogens with one attached hydrogen (secondary N) is 1. The minimum atomic E-state index is -0.474. The van der Waals surface area contributed by atoms with E-state index in [-0.39, 0.29) is 24.6 Å². The number of rotatable bonds is 3. The number of esters is 1. The molecule has 0 radical (unpaired) electrons. The second kappa shape index (κ2) is 8.21. The molecule has 0 bridgehead atoms. The summed E-state index contributed by atoms with van der Waals surface area (Å²) in [5.41, 5.74) is 2.00. The highest BCUT2D eigenvalue weighted by Crippen LogP contribution is 2.49. The van der Waals surface area contributed by atoms with Crippen LogP contribution in [0.15, 0.2) is 52.3 Å². The number of fused-ring (bicyclic) bond motifs is 5. The van der Waals surface area contributed by atoms with Gasteiger partial charge in [-0.25, -0.2) is 0 Å². The van der Waals surface area contributed by atoms with Crippen LogP contribution >= 0.6 is 23.4 Å². The van der Waals surface area contributed by atoms with Gasteiger partial charge in [-0.05, 0) is 63.4 Å². The molecule has 4 rings (SSSR count). The lowest BCUT2D eigenvalue weighted by molar-refractivity contribution is -0.153. The summed E-state index contributed by atoms with van der Waals surface area (Å²) in [6, 6.07) is 15.0. The summed E-state index contributed by atoms with van der Waals surface area (Å²) in [5.74, 6) is -0.214. The van der Waals surface area contributed by atoms with Crippen molar-refractivity contribution in [2.24, 2.45) is 0 Å². The van der Waals surface area contributed by atoms with E-state index in [1.807, 2.05) is 26.8 Å². The summed E-state index contributed by atoms with van der Waals surface area (Å²) in [7, 11) is 0. The third-order valence-corrected chi connectivity index (χ3v) is 6.64. The summed E-state index contributed by atoms with van der Waals surface area (Å²) in [6.07, 6.45) is 2.07. The molecule has 2 atom stereocenters. The number of halogens is 1. The minimum Gasteiger partial charge on any atom is -0.459 e. The summed E-state index contributed by atoms with van der Waals surface area (Å²) in [6.45, 7) is 6.87. The predicted octanol–water partition coefficient (Wildman–Crippen LogP) is 5.45. The average Bonchev–Trinajstić information content (AvgIpc) is 2.80. The monoisotopic (exact) mass is 430 g/mol. The van der Waals surface area contributed by atoms with Gasteiger partial charge in [0.2, 0.25) is 0 Å². The van der Waals surface area contributed by atoms with Crippen LogP contribution in [-0.4, -0.2) is 30.7 Å². The van der Waals surface area contributed by atoms with Gasteiger partial charge in [-0.2, -0.15) is 0 Å². The zero-order chi connectivity index (χ0) is 20.6. The molecule has 6 heteroatoms. The molecule has 154 valence electrons. The Bertz CT molecular complexity index is 912. The van der Waals surface area contributed by atoms with E-state index in [9.17, 15) is 4.79 Å². The fourth-order valence-electron chi connectivity index (χ4n) is 4.19. The van der Waals surface area contributed by atoms with Crippen LogP contribution in [-0.2, 0) is 9.53 Å². The normalized spacial score (nSPS) is 20.9.